The molecule has 0 aromatic heterocycles. The fraction of sp³-hybridized carbons (Fsp3) is 0.263. The van der Waals surface area contributed by atoms with Crippen LogP contribution in [0, 0.1) is 0 Å². The van der Waals surface area contributed by atoms with Crippen LogP contribution < -0.4 is 14.8 Å². The highest BCUT2D eigenvalue weighted by Crippen LogP contribution is 2.27. The number of carboxylic acid groups (broad SMARTS) is 1. The van der Waals surface area contributed by atoms with E-state index in [4.69, 9.17) is 14.6 Å². The van der Waals surface area contributed by atoms with E-state index in [1.54, 1.807) is 23.5 Å². The van der Waals surface area contributed by atoms with Crippen LogP contribution in [-0.4, -0.2) is 35.8 Å². The maximum atomic E-state index is 12.4. The number of para-hydroxylation sites is 2. The Morgan fingerprint density at radius 1 is 0.964 bits per heavy atom. The quantitative estimate of drug-likeness (QED) is 0.679. The van der Waals surface area contributed by atoms with E-state index in [9.17, 15) is 22.8 Å². The average molecular weight is 397 g/mol. The van der Waals surface area contributed by atoms with Gasteiger partial charge in [0.25, 0.3) is 5.91 Å². The number of carbonyl (C=O) groups is 2. The highest BCUT2D eigenvalue weighted by molar-refractivity contribution is 5.84. The lowest BCUT2D eigenvalue weighted by molar-refractivity contribution is -0.160. The monoisotopic (exact) mass is 397 g/mol. The third-order valence-corrected chi connectivity index (χ3v) is 3.51. The Hall–Kier alpha value is -3.23. The van der Waals surface area contributed by atoms with E-state index in [1.165, 1.54) is 6.07 Å². The van der Waals surface area contributed by atoms with Crippen LogP contribution in [0.5, 0.6) is 11.5 Å². The number of benzene rings is 2. The van der Waals surface area contributed by atoms with Gasteiger partial charge in [0.2, 0.25) is 0 Å². The Kier molecular flexibility index (Phi) is 7.25. The molecule has 2 rings (SSSR count). The van der Waals surface area contributed by atoms with E-state index >= 15 is 0 Å². The summed E-state index contributed by atoms with van der Waals surface area (Å²) < 4.78 is 48.1. The van der Waals surface area contributed by atoms with Crippen molar-refractivity contribution in [3.05, 3.63) is 60.2 Å². The van der Waals surface area contributed by atoms with Gasteiger partial charge in [-0.3, -0.25) is 4.79 Å². The van der Waals surface area contributed by atoms with Gasteiger partial charge in [-0.05, 0) is 17.7 Å². The molecule has 0 heterocycles. The van der Waals surface area contributed by atoms with E-state index in [0.717, 1.165) is 5.56 Å². The van der Waals surface area contributed by atoms with Gasteiger partial charge in [0, 0.05) is 0 Å². The van der Waals surface area contributed by atoms with Crippen molar-refractivity contribution in [2.24, 2.45) is 0 Å². The van der Waals surface area contributed by atoms with Crippen LogP contribution in [0.2, 0.25) is 0 Å². The third-order valence-electron chi connectivity index (χ3n) is 3.51. The molecule has 2 N–H and O–H groups in total. The van der Waals surface area contributed by atoms with Gasteiger partial charge in [-0.15, -0.1) is 0 Å². The standard InChI is InChI=1S/C19H18F3NO5/c20-19(21,22)10-14(18(25)26)23-17(24)12-28-16-9-5-4-8-15(16)27-11-13-6-2-1-3-7-13/h1-9,14H,10-12H2,(H,23,24)(H,25,26). The summed E-state index contributed by atoms with van der Waals surface area (Å²) in [6, 6.07) is 13.7. The maximum absolute atomic E-state index is 12.4. The zero-order valence-electron chi connectivity index (χ0n) is 14.6. The highest BCUT2D eigenvalue weighted by Gasteiger charge is 2.36. The molecule has 1 amide bonds. The fourth-order valence-corrected chi connectivity index (χ4v) is 2.23. The number of hydrogen-bond donors (Lipinski definition) is 2. The Morgan fingerprint density at radius 3 is 2.11 bits per heavy atom. The molecule has 0 radical (unpaired) electrons. The van der Waals surface area contributed by atoms with Crippen molar-refractivity contribution in [1.29, 1.82) is 0 Å². The number of rotatable bonds is 9. The number of carbonyl (C=O) groups excluding carboxylic acids is 1. The molecule has 2 aromatic carbocycles. The van der Waals surface area contributed by atoms with Gasteiger partial charge in [-0.2, -0.15) is 13.2 Å². The summed E-state index contributed by atoms with van der Waals surface area (Å²) in [6.07, 6.45) is -6.40. The minimum atomic E-state index is -4.73. The van der Waals surface area contributed by atoms with E-state index in [1.807, 2.05) is 30.3 Å². The van der Waals surface area contributed by atoms with Gasteiger partial charge in [-0.25, -0.2) is 4.79 Å². The second-order valence-electron chi connectivity index (χ2n) is 5.79. The summed E-state index contributed by atoms with van der Waals surface area (Å²) in [7, 11) is 0. The molecule has 2 aromatic rings. The fourth-order valence-electron chi connectivity index (χ4n) is 2.23. The van der Waals surface area contributed by atoms with Crippen molar-refractivity contribution in [2.75, 3.05) is 6.61 Å². The van der Waals surface area contributed by atoms with Gasteiger partial charge in [0.05, 0.1) is 6.42 Å². The van der Waals surface area contributed by atoms with Gasteiger partial charge in [-0.1, -0.05) is 42.5 Å². The molecule has 1 unspecified atom stereocenters. The molecule has 0 saturated carbocycles. The van der Waals surface area contributed by atoms with E-state index in [-0.39, 0.29) is 12.4 Å². The zero-order chi connectivity index (χ0) is 20.6. The number of nitrogens with one attached hydrogen (secondary N) is 1. The largest absolute Gasteiger partial charge is 0.485 e. The summed E-state index contributed by atoms with van der Waals surface area (Å²) in [6.45, 7) is -0.409. The molecule has 0 aliphatic heterocycles. The molecule has 0 aliphatic rings. The van der Waals surface area contributed by atoms with E-state index in [2.05, 4.69) is 0 Å². The molecule has 0 bridgehead atoms. The summed E-state index contributed by atoms with van der Waals surface area (Å²) >= 11 is 0. The van der Waals surface area contributed by atoms with Crippen molar-refractivity contribution in [1.82, 2.24) is 5.32 Å². The lowest BCUT2D eigenvalue weighted by Gasteiger charge is -2.17. The number of amides is 1. The summed E-state index contributed by atoms with van der Waals surface area (Å²) in [5.41, 5.74) is 0.909. The molecule has 0 aliphatic carbocycles. The number of alkyl halides is 3. The van der Waals surface area contributed by atoms with Gasteiger partial charge >= 0.3 is 12.1 Å². The van der Waals surface area contributed by atoms with Crippen LogP contribution in [0.15, 0.2) is 54.6 Å². The number of halogens is 3. The second kappa shape index (κ2) is 9.63. The first-order valence-corrected chi connectivity index (χ1v) is 8.22. The number of ether oxygens (including phenoxy) is 2. The van der Waals surface area contributed by atoms with Crippen molar-refractivity contribution >= 4 is 11.9 Å². The first kappa shape index (κ1) is 21.1. The first-order chi connectivity index (χ1) is 13.2. The van der Waals surface area contributed by atoms with Crippen molar-refractivity contribution in [3.8, 4) is 11.5 Å². The number of aliphatic carboxylic acids is 1. The normalized spacial score (nSPS) is 12.1. The predicted octanol–water partition coefficient (Wildman–Crippen LogP) is 3.17. The highest BCUT2D eigenvalue weighted by atomic mass is 19.4. The summed E-state index contributed by atoms with van der Waals surface area (Å²) in [4.78, 5) is 22.7. The number of carboxylic acids is 1. The minimum absolute atomic E-state index is 0.205. The van der Waals surface area contributed by atoms with Gasteiger partial charge in [0.1, 0.15) is 12.6 Å². The molecule has 0 spiro atoms. The molecule has 150 valence electrons. The molecular weight excluding hydrogens is 379 g/mol. The Balaban J connectivity index is 1.92. The molecule has 28 heavy (non-hydrogen) atoms. The van der Waals surface area contributed by atoms with Gasteiger partial charge < -0.3 is 19.9 Å². The summed E-state index contributed by atoms with van der Waals surface area (Å²) in [5.74, 6) is -2.23. The maximum Gasteiger partial charge on any atom is 0.391 e. The van der Waals surface area contributed by atoms with Crippen LogP contribution in [0.4, 0.5) is 13.2 Å². The molecule has 6 nitrogen and oxygen atoms in total. The van der Waals surface area contributed by atoms with Gasteiger partial charge in [0.15, 0.2) is 18.1 Å². The van der Waals surface area contributed by atoms with Crippen molar-refractivity contribution in [2.45, 2.75) is 25.2 Å². The van der Waals surface area contributed by atoms with Crippen LogP contribution >= 0.6 is 0 Å². The predicted molar refractivity (Wildman–Crippen MR) is 92.9 cm³/mol. The molecular formula is C19H18F3NO5. The SMILES string of the molecule is O=C(COc1ccccc1OCc1ccccc1)NC(CC(F)(F)F)C(=O)O. The van der Waals surface area contributed by atoms with Crippen molar-refractivity contribution < 1.29 is 37.3 Å². The smallest absolute Gasteiger partial charge is 0.391 e. The minimum Gasteiger partial charge on any atom is -0.485 e. The van der Waals surface area contributed by atoms with E-state index in [0.29, 0.717) is 5.75 Å². The van der Waals surface area contributed by atoms with Crippen LogP contribution in [0.25, 0.3) is 0 Å². The first-order valence-electron chi connectivity index (χ1n) is 8.22. The molecule has 9 heteroatoms. The Morgan fingerprint density at radius 2 is 1.54 bits per heavy atom. The molecule has 1 atom stereocenters. The lowest BCUT2D eigenvalue weighted by atomic mass is 10.2. The topological polar surface area (TPSA) is 84.9 Å². The van der Waals surface area contributed by atoms with Crippen LogP contribution in [-0.2, 0) is 16.2 Å². The Bertz CT molecular complexity index is 796. The molecule has 0 saturated heterocycles. The van der Waals surface area contributed by atoms with Crippen LogP contribution in [0.3, 0.4) is 0 Å². The number of hydrogen-bond acceptors (Lipinski definition) is 4. The lowest BCUT2D eigenvalue weighted by Crippen LogP contribution is -2.45. The molecule has 0 fully saturated rings. The zero-order valence-corrected chi connectivity index (χ0v) is 14.6. The Labute approximate surface area is 158 Å². The second-order valence-corrected chi connectivity index (χ2v) is 5.79. The third kappa shape index (κ3) is 7.18. The van der Waals surface area contributed by atoms with Crippen molar-refractivity contribution in [3.63, 3.8) is 0 Å². The average Bonchev–Trinajstić information content (AvgIpc) is 2.64. The van der Waals surface area contributed by atoms with Crippen LogP contribution in [0.1, 0.15) is 12.0 Å². The van der Waals surface area contributed by atoms with E-state index < -0.39 is 37.1 Å². The summed E-state index contributed by atoms with van der Waals surface area (Å²) in [5, 5.41) is 10.6.